The molecule has 0 amide bonds. The summed E-state index contributed by atoms with van der Waals surface area (Å²) < 4.78 is 0. The number of hydrogen-bond donors (Lipinski definition) is 1. The van der Waals surface area contributed by atoms with E-state index in [-0.39, 0.29) is 0 Å². The lowest BCUT2D eigenvalue weighted by atomic mass is 10.2. The van der Waals surface area contributed by atoms with Crippen molar-refractivity contribution in [2.75, 3.05) is 18.6 Å². The van der Waals surface area contributed by atoms with Crippen LogP contribution in [0.4, 0.5) is 0 Å². The fourth-order valence-electron chi connectivity index (χ4n) is 2.03. The maximum Gasteiger partial charge on any atom is 0.0299 e. The van der Waals surface area contributed by atoms with Gasteiger partial charge in [0.15, 0.2) is 0 Å². The standard InChI is InChI=1S/C12H19NS2/c1-14-7-3-6-13-9-11-8-10-4-2-5-12(10)15-11/h8,13H,2-7,9H2,1H3. The van der Waals surface area contributed by atoms with E-state index in [1.165, 1.54) is 36.3 Å². The highest BCUT2D eigenvalue weighted by Gasteiger charge is 2.13. The molecule has 2 rings (SSSR count). The molecule has 0 aliphatic heterocycles. The van der Waals surface area contributed by atoms with Crippen molar-refractivity contribution < 1.29 is 0 Å². The van der Waals surface area contributed by atoms with E-state index in [9.17, 15) is 0 Å². The van der Waals surface area contributed by atoms with Gasteiger partial charge in [-0.3, -0.25) is 0 Å². The van der Waals surface area contributed by atoms with Crippen molar-refractivity contribution in [3.63, 3.8) is 0 Å². The minimum absolute atomic E-state index is 1.08. The molecule has 1 aromatic rings. The number of thiophene rings is 1. The highest BCUT2D eigenvalue weighted by atomic mass is 32.2. The van der Waals surface area contributed by atoms with Crippen LogP contribution in [-0.4, -0.2) is 18.6 Å². The fourth-order valence-corrected chi connectivity index (χ4v) is 3.69. The first-order valence-electron chi connectivity index (χ1n) is 5.70. The summed E-state index contributed by atoms with van der Waals surface area (Å²) in [6.45, 7) is 2.23. The maximum absolute atomic E-state index is 3.52. The zero-order chi connectivity index (χ0) is 10.5. The van der Waals surface area contributed by atoms with E-state index in [2.05, 4.69) is 17.6 Å². The van der Waals surface area contributed by atoms with Crippen molar-refractivity contribution >= 4 is 23.1 Å². The molecule has 0 fully saturated rings. The summed E-state index contributed by atoms with van der Waals surface area (Å²) in [5, 5.41) is 3.52. The van der Waals surface area contributed by atoms with Crippen LogP contribution in [0.2, 0.25) is 0 Å². The van der Waals surface area contributed by atoms with Crippen molar-refractivity contribution in [3.05, 3.63) is 21.4 Å². The Balaban J connectivity index is 1.70. The average Bonchev–Trinajstić information content (AvgIpc) is 2.77. The monoisotopic (exact) mass is 241 g/mol. The van der Waals surface area contributed by atoms with Crippen LogP contribution in [0.3, 0.4) is 0 Å². The molecule has 0 atom stereocenters. The minimum Gasteiger partial charge on any atom is -0.312 e. The van der Waals surface area contributed by atoms with Gasteiger partial charge in [-0.25, -0.2) is 0 Å². The second-order valence-electron chi connectivity index (χ2n) is 4.04. The molecule has 0 bridgehead atoms. The molecule has 84 valence electrons. The lowest BCUT2D eigenvalue weighted by molar-refractivity contribution is 0.685. The second kappa shape index (κ2) is 5.92. The summed E-state index contributed by atoms with van der Waals surface area (Å²) in [6, 6.07) is 2.41. The van der Waals surface area contributed by atoms with E-state index in [1.54, 1.807) is 10.4 Å². The minimum atomic E-state index is 1.08. The molecule has 1 aliphatic carbocycles. The molecule has 15 heavy (non-hydrogen) atoms. The molecule has 0 spiro atoms. The zero-order valence-electron chi connectivity index (χ0n) is 9.34. The Bertz CT molecular complexity index is 285. The third-order valence-corrected chi connectivity index (χ3v) is 4.73. The molecule has 0 saturated heterocycles. The van der Waals surface area contributed by atoms with Gasteiger partial charge in [0.05, 0.1) is 0 Å². The highest BCUT2D eigenvalue weighted by Crippen LogP contribution is 2.30. The SMILES string of the molecule is CSCCCNCc1cc2c(s1)CCC2. The van der Waals surface area contributed by atoms with Crippen molar-refractivity contribution in [1.29, 1.82) is 0 Å². The summed E-state index contributed by atoms with van der Waals surface area (Å²) in [7, 11) is 0. The Morgan fingerprint density at radius 2 is 2.40 bits per heavy atom. The number of thioether (sulfide) groups is 1. The van der Waals surface area contributed by atoms with E-state index >= 15 is 0 Å². The Labute approximate surface area is 101 Å². The van der Waals surface area contributed by atoms with E-state index < -0.39 is 0 Å². The molecule has 0 radical (unpaired) electrons. The molecule has 1 nitrogen and oxygen atoms in total. The smallest absolute Gasteiger partial charge is 0.0299 e. The van der Waals surface area contributed by atoms with E-state index in [1.807, 2.05) is 23.1 Å². The Kier molecular flexibility index (Phi) is 4.54. The molecular weight excluding hydrogens is 222 g/mol. The Morgan fingerprint density at radius 1 is 1.47 bits per heavy atom. The van der Waals surface area contributed by atoms with Gasteiger partial charge in [0.2, 0.25) is 0 Å². The zero-order valence-corrected chi connectivity index (χ0v) is 11.0. The Morgan fingerprint density at radius 3 is 3.20 bits per heavy atom. The van der Waals surface area contributed by atoms with Crippen molar-refractivity contribution in [1.82, 2.24) is 5.32 Å². The molecule has 3 heteroatoms. The normalized spacial score (nSPS) is 14.5. The van der Waals surface area contributed by atoms with E-state index in [4.69, 9.17) is 0 Å². The number of fused-ring (bicyclic) bond motifs is 1. The third kappa shape index (κ3) is 3.23. The molecule has 1 N–H and O–H groups in total. The quantitative estimate of drug-likeness (QED) is 0.768. The molecule has 0 unspecified atom stereocenters. The first-order valence-corrected chi connectivity index (χ1v) is 7.91. The highest BCUT2D eigenvalue weighted by molar-refractivity contribution is 7.98. The fraction of sp³-hybridized carbons (Fsp3) is 0.667. The van der Waals surface area contributed by atoms with Gasteiger partial charge < -0.3 is 5.32 Å². The van der Waals surface area contributed by atoms with Crippen molar-refractivity contribution in [3.8, 4) is 0 Å². The van der Waals surface area contributed by atoms with E-state index in [0.717, 1.165) is 13.1 Å². The van der Waals surface area contributed by atoms with Crippen LogP contribution >= 0.6 is 23.1 Å². The third-order valence-electron chi connectivity index (χ3n) is 2.80. The summed E-state index contributed by atoms with van der Waals surface area (Å²) in [4.78, 5) is 3.18. The van der Waals surface area contributed by atoms with E-state index in [0.29, 0.717) is 0 Å². The van der Waals surface area contributed by atoms with Gasteiger partial charge in [-0.05, 0) is 55.9 Å². The second-order valence-corrected chi connectivity index (χ2v) is 6.24. The van der Waals surface area contributed by atoms with Gasteiger partial charge >= 0.3 is 0 Å². The molecular formula is C12H19NS2. The van der Waals surface area contributed by atoms with Gasteiger partial charge in [-0.15, -0.1) is 11.3 Å². The topological polar surface area (TPSA) is 12.0 Å². The van der Waals surface area contributed by atoms with Crippen LogP contribution in [-0.2, 0) is 19.4 Å². The van der Waals surface area contributed by atoms with Crippen LogP contribution in [0.1, 0.15) is 28.2 Å². The van der Waals surface area contributed by atoms with Crippen molar-refractivity contribution in [2.45, 2.75) is 32.2 Å². The molecule has 1 aromatic heterocycles. The van der Waals surface area contributed by atoms with Crippen LogP contribution in [0, 0.1) is 0 Å². The molecule has 1 heterocycles. The van der Waals surface area contributed by atoms with Crippen LogP contribution in [0.5, 0.6) is 0 Å². The van der Waals surface area contributed by atoms with Crippen LogP contribution in [0.25, 0.3) is 0 Å². The first-order chi connectivity index (χ1) is 7.40. The van der Waals surface area contributed by atoms with Crippen molar-refractivity contribution in [2.24, 2.45) is 0 Å². The van der Waals surface area contributed by atoms with Gasteiger partial charge in [0.25, 0.3) is 0 Å². The predicted octanol–water partition coefficient (Wildman–Crippen LogP) is 3.08. The lowest BCUT2D eigenvalue weighted by Gasteiger charge is -2.01. The van der Waals surface area contributed by atoms with Gasteiger partial charge in [-0.2, -0.15) is 11.8 Å². The Hall–Kier alpha value is 0.01000. The largest absolute Gasteiger partial charge is 0.312 e. The lowest BCUT2D eigenvalue weighted by Crippen LogP contribution is -2.14. The number of rotatable bonds is 6. The molecule has 1 aliphatic rings. The van der Waals surface area contributed by atoms with Gasteiger partial charge in [0.1, 0.15) is 0 Å². The van der Waals surface area contributed by atoms with Crippen LogP contribution in [0.15, 0.2) is 6.07 Å². The predicted molar refractivity (Wildman–Crippen MR) is 71.0 cm³/mol. The number of nitrogens with one attached hydrogen (secondary N) is 1. The van der Waals surface area contributed by atoms with Crippen LogP contribution < -0.4 is 5.32 Å². The molecule has 0 aromatic carbocycles. The average molecular weight is 241 g/mol. The molecule has 0 saturated carbocycles. The summed E-state index contributed by atoms with van der Waals surface area (Å²) in [6.07, 6.45) is 7.48. The van der Waals surface area contributed by atoms with Gasteiger partial charge in [0, 0.05) is 16.3 Å². The number of hydrogen-bond acceptors (Lipinski definition) is 3. The first kappa shape index (κ1) is 11.5. The summed E-state index contributed by atoms with van der Waals surface area (Å²) in [5.41, 5.74) is 1.63. The summed E-state index contributed by atoms with van der Waals surface area (Å²) >= 11 is 3.95. The van der Waals surface area contributed by atoms with Gasteiger partial charge in [-0.1, -0.05) is 0 Å². The summed E-state index contributed by atoms with van der Waals surface area (Å²) in [5.74, 6) is 1.27. The maximum atomic E-state index is 3.52. The number of aryl methyl sites for hydroxylation is 2.